The lowest BCUT2D eigenvalue weighted by Gasteiger charge is -2.09. The third-order valence-corrected chi connectivity index (χ3v) is 4.53. The van der Waals surface area contributed by atoms with Crippen LogP contribution < -0.4 is 5.32 Å². The Morgan fingerprint density at radius 3 is 3.00 bits per heavy atom. The molecule has 0 spiro atoms. The van der Waals surface area contributed by atoms with Gasteiger partial charge in [0.05, 0.1) is 5.01 Å². The summed E-state index contributed by atoms with van der Waals surface area (Å²) < 4.78 is 0. The Hall–Kier alpha value is -0.0600. The third kappa shape index (κ3) is 5.32. The van der Waals surface area contributed by atoms with Crippen LogP contribution in [0.15, 0.2) is 5.38 Å². The number of hydrogen-bond donors (Lipinski definition) is 1. The van der Waals surface area contributed by atoms with Gasteiger partial charge in [0.1, 0.15) is 0 Å². The van der Waals surface area contributed by atoms with Crippen molar-refractivity contribution in [3.05, 3.63) is 16.1 Å². The van der Waals surface area contributed by atoms with Crippen molar-refractivity contribution in [2.45, 2.75) is 33.1 Å². The quantitative estimate of drug-likeness (QED) is 0.724. The highest BCUT2D eigenvalue weighted by Gasteiger charge is 2.08. The highest BCUT2D eigenvalue weighted by atomic mass is 32.2. The first-order valence-electron chi connectivity index (χ1n) is 5.94. The van der Waals surface area contributed by atoms with E-state index in [1.165, 1.54) is 22.9 Å². The van der Waals surface area contributed by atoms with Crippen LogP contribution in [0, 0.1) is 6.92 Å². The Labute approximate surface area is 107 Å². The molecule has 0 amide bonds. The summed E-state index contributed by atoms with van der Waals surface area (Å²) >= 11 is 3.79. The van der Waals surface area contributed by atoms with Crippen molar-refractivity contribution in [2.75, 3.05) is 24.6 Å². The van der Waals surface area contributed by atoms with Crippen LogP contribution in [0.5, 0.6) is 0 Å². The molecule has 0 aliphatic carbocycles. The number of nitrogens with one attached hydrogen (secondary N) is 1. The zero-order valence-corrected chi connectivity index (χ0v) is 12.1. The minimum atomic E-state index is 0.539. The average Bonchev–Trinajstić information content (AvgIpc) is 2.70. The molecule has 0 radical (unpaired) electrons. The number of hydrogen-bond acceptors (Lipinski definition) is 4. The van der Waals surface area contributed by atoms with Crippen molar-refractivity contribution < 1.29 is 0 Å². The second-order valence-electron chi connectivity index (χ2n) is 3.98. The predicted molar refractivity (Wildman–Crippen MR) is 75.8 cm³/mol. The fourth-order valence-corrected chi connectivity index (χ4v) is 2.94. The topological polar surface area (TPSA) is 24.9 Å². The summed E-state index contributed by atoms with van der Waals surface area (Å²) in [7, 11) is 0. The van der Waals surface area contributed by atoms with Gasteiger partial charge in [0, 0.05) is 23.5 Å². The van der Waals surface area contributed by atoms with Crippen molar-refractivity contribution >= 4 is 23.1 Å². The van der Waals surface area contributed by atoms with Gasteiger partial charge in [-0.3, -0.25) is 0 Å². The first-order valence-corrected chi connectivity index (χ1v) is 7.98. The van der Waals surface area contributed by atoms with E-state index in [1.807, 2.05) is 11.8 Å². The molecule has 2 nitrogen and oxygen atoms in total. The van der Waals surface area contributed by atoms with E-state index in [9.17, 15) is 0 Å². The van der Waals surface area contributed by atoms with Gasteiger partial charge >= 0.3 is 0 Å². The fourth-order valence-electron chi connectivity index (χ4n) is 1.45. The minimum absolute atomic E-state index is 0.539. The number of aromatic nitrogens is 1. The summed E-state index contributed by atoms with van der Waals surface area (Å²) in [5.41, 5.74) is 1.14. The summed E-state index contributed by atoms with van der Waals surface area (Å²) in [6.07, 6.45) is 1.27. The van der Waals surface area contributed by atoms with Gasteiger partial charge in [-0.05, 0) is 31.4 Å². The van der Waals surface area contributed by atoms with Crippen molar-refractivity contribution in [1.82, 2.24) is 10.3 Å². The van der Waals surface area contributed by atoms with Gasteiger partial charge < -0.3 is 5.32 Å². The van der Waals surface area contributed by atoms with Gasteiger partial charge in [0.25, 0.3) is 0 Å². The summed E-state index contributed by atoms with van der Waals surface area (Å²) in [5, 5.41) is 6.89. The molecule has 1 heterocycles. The van der Waals surface area contributed by atoms with E-state index in [4.69, 9.17) is 0 Å². The maximum atomic E-state index is 4.51. The van der Waals surface area contributed by atoms with Crippen LogP contribution in [0.25, 0.3) is 0 Å². The molecule has 1 aromatic heterocycles. The number of thioether (sulfide) groups is 1. The molecule has 1 unspecified atom stereocenters. The first-order chi connectivity index (χ1) is 7.74. The molecular weight excluding hydrogens is 236 g/mol. The average molecular weight is 258 g/mol. The van der Waals surface area contributed by atoms with Crippen LogP contribution in [0.3, 0.4) is 0 Å². The molecule has 1 aromatic rings. The second-order valence-corrected chi connectivity index (χ2v) is 6.27. The molecule has 0 aliphatic heterocycles. The lowest BCUT2D eigenvalue weighted by atomic mass is 10.2. The fraction of sp³-hybridized carbons (Fsp3) is 0.750. The summed E-state index contributed by atoms with van der Waals surface area (Å²) in [5.74, 6) is 3.04. The lowest BCUT2D eigenvalue weighted by molar-refractivity contribution is 0.608. The Morgan fingerprint density at radius 2 is 2.38 bits per heavy atom. The maximum Gasteiger partial charge on any atom is 0.0969 e. The van der Waals surface area contributed by atoms with Crippen LogP contribution in [0.2, 0.25) is 0 Å². The molecule has 1 rings (SSSR count). The Morgan fingerprint density at radius 1 is 1.56 bits per heavy atom. The highest BCUT2D eigenvalue weighted by Crippen LogP contribution is 2.18. The standard InChI is InChI=1S/C12H22N2S2/c1-4-15-7-5-6-13-8-10(2)12-14-11(3)9-16-12/h9-10,13H,4-8H2,1-3H3. The third-order valence-electron chi connectivity index (χ3n) is 2.36. The molecule has 0 fully saturated rings. The van der Waals surface area contributed by atoms with Gasteiger partial charge in [-0.2, -0.15) is 11.8 Å². The van der Waals surface area contributed by atoms with E-state index in [1.54, 1.807) is 11.3 Å². The first kappa shape index (κ1) is 14.0. The van der Waals surface area contributed by atoms with E-state index in [0.717, 1.165) is 18.8 Å². The molecule has 1 atom stereocenters. The molecule has 0 aliphatic rings. The Balaban J connectivity index is 2.09. The predicted octanol–water partition coefficient (Wildman–Crippen LogP) is 3.29. The van der Waals surface area contributed by atoms with Crippen molar-refractivity contribution in [2.24, 2.45) is 0 Å². The smallest absolute Gasteiger partial charge is 0.0969 e. The monoisotopic (exact) mass is 258 g/mol. The van der Waals surface area contributed by atoms with Crippen LogP contribution in [-0.4, -0.2) is 29.6 Å². The number of rotatable bonds is 8. The Bertz CT molecular complexity index is 286. The molecular formula is C12H22N2S2. The van der Waals surface area contributed by atoms with E-state index >= 15 is 0 Å². The molecule has 0 bridgehead atoms. The maximum absolute atomic E-state index is 4.51. The summed E-state index contributed by atoms with van der Waals surface area (Å²) in [4.78, 5) is 4.51. The number of thiazole rings is 1. The zero-order chi connectivity index (χ0) is 11.8. The van der Waals surface area contributed by atoms with Crippen LogP contribution in [0.1, 0.15) is 36.9 Å². The molecule has 0 saturated carbocycles. The number of aryl methyl sites for hydroxylation is 1. The highest BCUT2D eigenvalue weighted by molar-refractivity contribution is 7.99. The van der Waals surface area contributed by atoms with Gasteiger partial charge in [0.15, 0.2) is 0 Å². The van der Waals surface area contributed by atoms with Crippen molar-refractivity contribution in [3.63, 3.8) is 0 Å². The largest absolute Gasteiger partial charge is 0.316 e. The zero-order valence-electron chi connectivity index (χ0n) is 10.5. The van der Waals surface area contributed by atoms with Gasteiger partial charge in [0.2, 0.25) is 0 Å². The van der Waals surface area contributed by atoms with E-state index < -0.39 is 0 Å². The van der Waals surface area contributed by atoms with Gasteiger partial charge in [-0.25, -0.2) is 4.98 Å². The van der Waals surface area contributed by atoms with Crippen LogP contribution in [-0.2, 0) is 0 Å². The summed E-state index contributed by atoms with van der Waals surface area (Å²) in [6.45, 7) is 8.69. The van der Waals surface area contributed by atoms with Crippen molar-refractivity contribution in [3.8, 4) is 0 Å². The van der Waals surface area contributed by atoms with Crippen LogP contribution >= 0.6 is 23.1 Å². The molecule has 16 heavy (non-hydrogen) atoms. The van der Waals surface area contributed by atoms with Crippen LogP contribution in [0.4, 0.5) is 0 Å². The second kappa shape index (κ2) is 8.09. The molecule has 92 valence electrons. The summed E-state index contributed by atoms with van der Waals surface area (Å²) in [6, 6.07) is 0. The molecule has 1 N–H and O–H groups in total. The minimum Gasteiger partial charge on any atom is -0.316 e. The van der Waals surface area contributed by atoms with E-state index in [2.05, 4.69) is 36.5 Å². The number of nitrogens with zero attached hydrogens (tertiary/aromatic N) is 1. The lowest BCUT2D eigenvalue weighted by Crippen LogP contribution is -2.21. The normalized spacial score (nSPS) is 12.9. The van der Waals surface area contributed by atoms with Crippen molar-refractivity contribution in [1.29, 1.82) is 0 Å². The SMILES string of the molecule is CCSCCCNCC(C)c1nc(C)cs1. The molecule has 4 heteroatoms. The van der Waals surface area contributed by atoms with E-state index in [0.29, 0.717) is 5.92 Å². The molecule has 0 aromatic carbocycles. The van der Waals surface area contributed by atoms with Gasteiger partial charge in [-0.1, -0.05) is 13.8 Å². The van der Waals surface area contributed by atoms with E-state index in [-0.39, 0.29) is 0 Å². The Kier molecular flexibility index (Phi) is 7.08. The van der Waals surface area contributed by atoms with Gasteiger partial charge in [-0.15, -0.1) is 11.3 Å². The molecule has 0 saturated heterocycles.